The summed E-state index contributed by atoms with van der Waals surface area (Å²) in [6, 6.07) is 8.50. The Bertz CT molecular complexity index is 816. The van der Waals surface area contributed by atoms with Crippen molar-refractivity contribution in [2.45, 2.75) is 0 Å². The Labute approximate surface area is 133 Å². The van der Waals surface area contributed by atoms with Crippen molar-refractivity contribution in [1.29, 1.82) is 0 Å². The molecule has 0 aliphatic heterocycles. The molecule has 114 valence electrons. The lowest BCUT2D eigenvalue weighted by atomic mass is 10.2. The number of rotatable bonds is 4. The van der Waals surface area contributed by atoms with E-state index in [-0.39, 0.29) is 12.5 Å². The molecule has 1 amide bonds. The van der Waals surface area contributed by atoms with Crippen LogP contribution in [0.3, 0.4) is 0 Å². The number of amides is 1. The highest BCUT2D eigenvalue weighted by atomic mass is 32.2. The Morgan fingerprint density at radius 1 is 1.32 bits per heavy atom. The van der Waals surface area contributed by atoms with Gasteiger partial charge in [0.05, 0.1) is 18.4 Å². The van der Waals surface area contributed by atoms with Gasteiger partial charge in [-0.2, -0.15) is 11.3 Å². The third kappa shape index (κ3) is 5.24. The van der Waals surface area contributed by atoms with Gasteiger partial charge in [0, 0.05) is 16.6 Å². The van der Waals surface area contributed by atoms with Crippen molar-refractivity contribution in [2.75, 3.05) is 17.5 Å². The second kappa shape index (κ2) is 7.11. The Balaban J connectivity index is 1.94. The molecule has 7 heteroatoms. The SMILES string of the molecule is CS(=O)(=O)Nc1cccc(C#CCNC(=O)c2ccsc2)c1. The second-order valence-electron chi connectivity index (χ2n) is 4.45. The lowest BCUT2D eigenvalue weighted by Crippen LogP contribution is -2.22. The molecular weight excluding hydrogens is 320 g/mol. The molecule has 1 aromatic carbocycles. The first-order valence-corrected chi connectivity index (χ1v) is 9.14. The minimum absolute atomic E-state index is 0.164. The fourth-order valence-electron chi connectivity index (χ4n) is 1.64. The van der Waals surface area contributed by atoms with Crippen LogP contribution in [0.25, 0.3) is 0 Å². The molecule has 2 rings (SSSR count). The summed E-state index contributed by atoms with van der Waals surface area (Å²) in [6.45, 7) is 0.221. The highest BCUT2D eigenvalue weighted by Crippen LogP contribution is 2.10. The lowest BCUT2D eigenvalue weighted by Gasteiger charge is -2.03. The van der Waals surface area contributed by atoms with E-state index in [0.717, 1.165) is 6.26 Å². The van der Waals surface area contributed by atoms with E-state index in [0.29, 0.717) is 16.8 Å². The van der Waals surface area contributed by atoms with E-state index in [4.69, 9.17) is 0 Å². The molecule has 1 aromatic heterocycles. The summed E-state index contributed by atoms with van der Waals surface area (Å²) in [5, 5.41) is 6.29. The number of hydrogen-bond acceptors (Lipinski definition) is 4. The van der Waals surface area contributed by atoms with Gasteiger partial charge < -0.3 is 5.32 Å². The molecule has 0 aliphatic carbocycles. The van der Waals surface area contributed by atoms with E-state index < -0.39 is 10.0 Å². The molecule has 0 unspecified atom stereocenters. The zero-order valence-electron chi connectivity index (χ0n) is 11.8. The first-order chi connectivity index (χ1) is 10.4. The van der Waals surface area contributed by atoms with Crippen molar-refractivity contribution >= 4 is 33.0 Å². The standard InChI is InChI=1S/C15H14N2O3S2/c1-22(19,20)17-14-6-2-4-12(10-14)5-3-8-16-15(18)13-7-9-21-11-13/h2,4,6-7,9-11,17H,8H2,1H3,(H,16,18). The number of anilines is 1. The van der Waals surface area contributed by atoms with Crippen LogP contribution in [0, 0.1) is 11.8 Å². The third-order valence-corrected chi connectivity index (χ3v) is 3.81. The van der Waals surface area contributed by atoms with E-state index in [1.165, 1.54) is 11.3 Å². The number of nitrogens with one attached hydrogen (secondary N) is 2. The van der Waals surface area contributed by atoms with Crippen molar-refractivity contribution < 1.29 is 13.2 Å². The fraction of sp³-hybridized carbons (Fsp3) is 0.133. The molecule has 0 aliphatic rings. The van der Waals surface area contributed by atoms with Crippen LogP contribution < -0.4 is 10.0 Å². The van der Waals surface area contributed by atoms with Crippen molar-refractivity contribution in [3.63, 3.8) is 0 Å². The predicted octanol–water partition coefficient (Wildman–Crippen LogP) is 1.90. The van der Waals surface area contributed by atoms with Gasteiger partial charge in [-0.3, -0.25) is 9.52 Å². The zero-order chi connectivity index (χ0) is 16.0. The molecule has 2 N–H and O–H groups in total. The van der Waals surface area contributed by atoms with Gasteiger partial charge in [-0.05, 0) is 29.6 Å². The molecule has 0 fully saturated rings. The zero-order valence-corrected chi connectivity index (χ0v) is 13.4. The van der Waals surface area contributed by atoms with Crippen LogP contribution in [-0.2, 0) is 10.0 Å². The van der Waals surface area contributed by atoms with Crippen LogP contribution in [0.5, 0.6) is 0 Å². The van der Waals surface area contributed by atoms with Gasteiger partial charge in [-0.25, -0.2) is 8.42 Å². The summed E-state index contributed by atoms with van der Waals surface area (Å²) in [5.74, 6) is 5.54. The molecule has 22 heavy (non-hydrogen) atoms. The third-order valence-electron chi connectivity index (χ3n) is 2.52. The van der Waals surface area contributed by atoms with Gasteiger partial charge in [-0.1, -0.05) is 17.9 Å². The van der Waals surface area contributed by atoms with Crippen LogP contribution in [0.1, 0.15) is 15.9 Å². The number of carbonyl (C=O) groups is 1. The molecule has 0 atom stereocenters. The van der Waals surface area contributed by atoms with Crippen LogP contribution in [-0.4, -0.2) is 27.1 Å². The van der Waals surface area contributed by atoms with Crippen molar-refractivity contribution in [3.8, 4) is 11.8 Å². The van der Waals surface area contributed by atoms with E-state index in [1.807, 2.05) is 5.38 Å². The van der Waals surface area contributed by atoms with Crippen LogP contribution >= 0.6 is 11.3 Å². The second-order valence-corrected chi connectivity index (χ2v) is 6.98. The summed E-state index contributed by atoms with van der Waals surface area (Å²) in [6.07, 6.45) is 1.09. The van der Waals surface area contributed by atoms with Crippen LogP contribution in [0.15, 0.2) is 41.1 Å². The smallest absolute Gasteiger partial charge is 0.252 e. The summed E-state index contributed by atoms with van der Waals surface area (Å²) in [7, 11) is -3.31. The Morgan fingerprint density at radius 3 is 2.82 bits per heavy atom. The lowest BCUT2D eigenvalue weighted by molar-refractivity contribution is 0.0959. The number of carbonyl (C=O) groups excluding carboxylic acids is 1. The number of benzene rings is 1. The average Bonchev–Trinajstić information content (AvgIpc) is 2.96. The summed E-state index contributed by atoms with van der Waals surface area (Å²) in [5.41, 5.74) is 1.74. The maximum absolute atomic E-state index is 11.7. The minimum Gasteiger partial charge on any atom is -0.341 e. The van der Waals surface area contributed by atoms with Crippen LogP contribution in [0.4, 0.5) is 5.69 Å². The molecule has 2 aromatic rings. The molecule has 0 saturated heterocycles. The Hall–Kier alpha value is -2.30. The maximum Gasteiger partial charge on any atom is 0.252 e. The van der Waals surface area contributed by atoms with Gasteiger partial charge in [0.2, 0.25) is 10.0 Å². The van der Waals surface area contributed by atoms with Gasteiger partial charge in [-0.15, -0.1) is 0 Å². The average molecular weight is 334 g/mol. The van der Waals surface area contributed by atoms with Gasteiger partial charge in [0.1, 0.15) is 0 Å². The van der Waals surface area contributed by atoms with Gasteiger partial charge in [0.15, 0.2) is 0 Å². The largest absolute Gasteiger partial charge is 0.341 e. The Morgan fingerprint density at radius 2 is 2.14 bits per heavy atom. The highest BCUT2D eigenvalue weighted by Gasteiger charge is 2.03. The highest BCUT2D eigenvalue weighted by molar-refractivity contribution is 7.92. The topological polar surface area (TPSA) is 75.3 Å². The Kier molecular flexibility index (Phi) is 5.20. The fourth-order valence-corrected chi connectivity index (χ4v) is 2.83. The van der Waals surface area contributed by atoms with Crippen molar-refractivity contribution in [1.82, 2.24) is 5.32 Å². The first-order valence-electron chi connectivity index (χ1n) is 6.31. The van der Waals surface area contributed by atoms with E-state index in [2.05, 4.69) is 21.9 Å². The molecule has 0 saturated carbocycles. The molecule has 5 nitrogen and oxygen atoms in total. The first kappa shape index (κ1) is 16.1. The number of thiophene rings is 1. The van der Waals surface area contributed by atoms with E-state index in [1.54, 1.807) is 35.7 Å². The number of sulfonamides is 1. The molecule has 0 bridgehead atoms. The summed E-state index contributed by atoms with van der Waals surface area (Å²) < 4.78 is 24.7. The monoisotopic (exact) mass is 334 g/mol. The van der Waals surface area contributed by atoms with E-state index >= 15 is 0 Å². The van der Waals surface area contributed by atoms with Gasteiger partial charge >= 0.3 is 0 Å². The maximum atomic E-state index is 11.7. The molecule has 1 heterocycles. The van der Waals surface area contributed by atoms with Crippen LogP contribution in [0.2, 0.25) is 0 Å². The minimum atomic E-state index is -3.31. The van der Waals surface area contributed by atoms with Crippen molar-refractivity contribution in [3.05, 3.63) is 52.2 Å². The number of hydrogen-bond donors (Lipinski definition) is 2. The summed E-state index contributed by atoms with van der Waals surface area (Å²) >= 11 is 1.46. The molecule has 0 radical (unpaired) electrons. The summed E-state index contributed by atoms with van der Waals surface area (Å²) in [4.78, 5) is 11.7. The predicted molar refractivity (Wildman–Crippen MR) is 88.4 cm³/mol. The van der Waals surface area contributed by atoms with E-state index in [9.17, 15) is 13.2 Å². The van der Waals surface area contributed by atoms with Crippen molar-refractivity contribution in [2.24, 2.45) is 0 Å². The normalized spacial score (nSPS) is 10.4. The molecular formula is C15H14N2O3S2. The molecule has 0 spiro atoms. The van der Waals surface area contributed by atoms with Gasteiger partial charge in [0.25, 0.3) is 5.91 Å². The quantitative estimate of drug-likeness (QED) is 0.839.